The summed E-state index contributed by atoms with van der Waals surface area (Å²) in [5, 5.41) is 7.04. The normalized spacial score (nSPS) is 11.3. The van der Waals surface area contributed by atoms with Gasteiger partial charge >= 0.3 is 0 Å². The molecule has 0 atom stereocenters. The molecule has 0 bridgehead atoms. The number of hydrogen-bond acceptors (Lipinski definition) is 5. The Morgan fingerprint density at radius 3 is 2.62 bits per heavy atom. The van der Waals surface area contributed by atoms with Crippen molar-refractivity contribution in [2.75, 3.05) is 7.05 Å². The van der Waals surface area contributed by atoms with E-state index in [0.717, 1.165) is 5.56 Å². The van der Waals surface area contributed by atoms with Crippen molar-refractivity contribution < 1.29 is 13.2 Å². The molecule has 128 valence electrons. The molecule has 9 heteroatoms. The number of nitrogens with zero attached hydrogens (tertiary/aromatic N) is 2. The number of thioether (sulfide) groups is 1. The Morgan fingerprint density at radius 2 is 2.04 bits per heavy atom. The van der Waals surface area contributed by atoms with Gasteiger partial charge in [-0.25, -0.2) is 13.1 Å². The van der Waals surface area contributed by atoms with Crippen molar-refractivity contribution in [2.24, 2.45) is 7.05 Å². The summed E-state index contributed by atoms with van der Waals surface area (Å²) in [5.41, 5.74) is 1.16. The average Bonchev–Trinajstić information content (AvgIpc) is 2.96. The second-order valence-corrected chi connectivity index (χ2v) is 8.01. The Kier molecular flexibility index (Phi) is 5.47. The molecule has 2 aromatic rings. The molecule has 1 amide bonds. The van der Waals surface area contributed by atoms with E-state index in [9.17, 15) is 13.2 Å². The van der Waals surface area contributed by atoms with Gasteiger partial charge in [0.25, 0.3) is 5.91 Å². The molecular formula is C15H18N4O3S2. The number of nitrogens with one attached hydrogen (secondary N) is 2. The molecule has 0 aliphatic heterocycles. The summed E-state index contributed by atoms with van der Waals surface area (Å²) in [6.07, 6.45) is 1.67. The van der Waals surface area contributed by atoms with Gasteiger partial charge in [0.2, 0.25) is 10.0 Å². The summed E-state index contributed by atoms with van der Waals surface area (Å²) in [5.74, 6) is -0.371. The number of aromatic nitrogens is 2. The summed E-state index contributed by atoms with van der Waals surface area (Å²) in [6, 6.07) is 6.38. The van der Waals surface area contributed by atoms with Crippen LogP contribution in [0.4, 0.5) is 0 Å². The molecule has 1 aromatic heterocycles. The third-order valence-corrected chi connectivity index (χ3v) is 5.59. The molecule has 1 heterocycles. The summed E-state index contributed by atoms with van der Waals surface area (Å²) >= 11 is 1.19. The minimum absolute atomic E-state index is 0.155. The van der Waals surface area contributed by atoms with Crippen molar-refractivity contribution in [2.45, 2.75) is 16.7 Å². The number of rotatable bonds is 6. The van der Waals surface area contributed by atoms with Crippen LogP contribution < -0.4 is 10.0 Å². The van der Waals surface area contributed by atoms with Crippen LogP contribution in [0.3, 0.4) is 0 Å². The zero-order valence-electron chi connectivity index (χ0n) is 13.5. The molecule has 1 aromatic carbocycles. The summed E-state index contributed by atoms with van der Waals surface area (Å²) in [6.45, 7) is 5.66. The first-order valence-corrected chi connectivity index (χ1v) is 9.25. The molecule has 0 unspecified atom stereocenters. The maximum absolute atomic E-state index is 12.0. The van der Waals surface area contributed by atoms with E-state index in [2.05, 4.69) is 21.7 Å². The van der Waals surface area contributed by atoms with Crippen LogP contribution in [-0.4, -0.2) is 31.2 Å². The van der Waals surface area contributed by atoms with Crippen LogP contribution in [0, 0.1) is 6.92 Å². The average molecular weight is 366 g/mol. The van der Waals surface area contributed by atoms with Gasteiger partial charge in [0, 0.05) is 18.1 Å². The maximum atomic E-state index is 12.0. The first kappa shape index (κ1) is 18.2. The van der Waals surface area contributed by atoms with Gasteiger partial charge in [0.1, 0.15) is 0 Å². The van der Waals surface area contributed by atoms with E-state index >= 15 is 0 Å². The molecule has 0 fully saturated rings. The predicted molar refractivity (Wildman–Crippen MR) is 93.1 cm³/mol. The van der Waals surface area contributed by atoms with E-state index in [0.29, 0.717) is 9.92 Å². The van der Waals surface area contributed by atoms with Gasteiger partial charge in [-0.2, -0.15) is 5.10 Å². The lowest BCUT2D eigenvalue weighted by atomic mass is 10.2. The number of carbonyl (C=O) groups excluding carboxylic acids is 1. The van der Waals surface area contributed by atoms with Gasteiger partial charge in [0.05, 0.1) is 9.92 Å². The van der Waals surface area contributed by atoms with Crippen molar-refractivity contribution in [1.29, 1.82) is 0 Å². The lowest BCUT2D eigenvalue weighted by Crippen LogP contribution is -2.21. The molecule has 0 saturated carbocycles. The van der Waals surface area contributed by atoms with Gasteiger partial charge < -0.3 is 5.32 Å². The van der Waals surface area contributed by atoms with Gasteiger partial charge in [-0.1, -0.05) is 24.4 Å². The Bertz CT molecular complexity index is 888. The SMILES string of the molecule is C=C(NC(=O)c1ccn(C)n1)Sc1cc(S(=O)(=O)NC)ccc1C. The highest BCUT2D eigenvalue weighted by molar-refractivity contribution is 8.03. The fourth-order valence-corrected chi connectivity index (χ4v) is 3.52. The van der Waals surface area contributed by atoms with Gasteiger partial charge in [-0.15, -0.1) is 0 Å². The Balaban J connectivity index is 2.14. The van der Waals surface area contributed by atoms with Crippen molar-refractivity contribution in [3.63, 3.8) is 0 Å². The van der Waals surface area contributed by atoms with Gasteiger partial charge in [-0.3, -0.25) is 9.48 Å². The van der Waals surface area contributed by atoms with Crippen LogP contribution in [0.25, 0.3) is 0 Å². The van der Waals surface area contributed by atoms with E-state index in [-0.39, 0.29) is 16.5 Å². The monoisotopic (exact) mass is 366 g/mol. The quantitative estimate of drug-likeness (QED) is 0.758. The zero-order valence-corrected chi connectivity index (χ0v) is 15.2. The largest absolute Gasteiger partial charge is 0.315 e. The number of hydrogen-bond donors (Lipinski definition) is 2. The van der Waals surface area contributed by atoms with Gasteiger partial charge in [0.15, 0.2) is 5.69 Å². The topological polar surface area (TPSA) is 93.1 Å². The first-order chi connectivity index (χ1) is 11.2. The predicted octanol–water partition coefficient (Wildman–Crippen LogP) is 1.63. The first-order valence-electron chi connectivity index (χ1n) is 6.95. The molecule has 7 nitrogen and oxygen atoms in total. The van der Waals surface area contributed by atoms with E-state index < -0.39 is 10.0 Å². The Morgan fingerprint density at radius 1 is 1.33 bits per heavy atom. The summed E-state index contributed by atoms with van der Waals surface area (Å²) in [7, 11) is -0.455. The molecule has 0 spiro atoms. The zero-order chi connectivity index (χ0) is 17.9. The van der Waals surface area contributed by atoms with Crippen LogP contribution in [0.5, 0.6) is 0 Å². The van der Waals surface area contributed by atoms with Crippen molar-refractivity contribution in [3.8, 4) is 0 Å². The summed E-state index contributed by atoms with van der Waals surface area (Å²) < 4.78 is 27.6. The second-order valence-electron chi connectivity index (χ2n) is 4.99. The number of aryl methyl sites for hydroxylation is 2. The molecule has 2 rings (SSSR count). The van der Waals surface area contributed by atoms with Crippen LogP contribution in [-0.2, 0) is 17.1 Å². The third kappa shape index (κ3) is 4.25. The fraction of sp³-hybridized carbons (Fsp3) is 0.200. The standard InChI is InChI=1S/C15H18N4O3S2/c1-10-5-6-12(24(21,22)16-3)9-14(10)23-11(2)17-15(20)13-7-8-19(4)18-13/h5-9,16H,2H2,1,3-4H3,(H,17,20). The summed E-state index contributed by atoms with van der Waals surface area (Å²) in [4.78, 5) is 12.9. The smallest absolute Gasteiger partial charge is 0.276 e. The highest BCUT2D eigenvalue weighted by Crippen LogP contribution is 2.29. The molecule has 24 heavy (non-hydrogen) atoms. The number of carbonyl (C=O) groups is 1. The van der Waals surface area contributed by atoms with Crippen LogP contribution in [0.1, 0.15) is 16.1 Å². The highest BCUT2D eigenvalue weighted by atomic mass is 32.2. The molecular weight excluding hydrogens is 348 g/mol. The Labute approximate surface area is 145 Å². The minimum atomic E-state index is -3.53. The van der Waals surface area contributed by atoms with Crippen LogP contribution >= 0.6 is 11.8 Å². The van der Waals surface area contributed by atoms with E-state index in [4.69, 9.17) is 0 Å². The van der Waals surface area contributed by atoms with E-state index in [1.165, 1.54) is 29.6 Å². The fourth-order valence-electron chi connectivity index (χ4n) is 1.86. The van der Waals surface area contributed by atoms with E-state index in [1.807, 2.05) is 6.92 Å². The lowest BCUT2D eigenvalue weighted by Gasteiger charge is -2.11. The van der Waals surface area contributed by atoms with Crippen LogP contribution in [0.2, 0.25) is 0 Å². The maximum Gasteiger partial charge on any atom is 0.276 e. The Hall–Kier alpha value is -2.10. The highest BCUT2D eigenvalue weighted by Gasteiger charge is 2.15. The number of amides is 1. The molecule has 0 aliphatic carbocycles. The van der Waals surface area contributed by atoms with Crippen molar-refractivity contribution in [1.82, 2.24) is 19.8 Å². The minimum Gasteiger partial charge on any atom is -0.315 e. The lowest BCUT2D eigenvalue weighted by molar-refractivity contribution is 0.0963. The van der Waals surface area contributed by atoms with Crippen molar-refractivity contribution in [3.05, 3.63) is 53.3 Å². The van der Waals surface area contributed by atoms with Crippen LogP contribution in [0.15, 0.2) is 51.9 Å². The molecule has 0 aliphatic rings. The molecule has 0 saturated heterocycles. The molecule has 2 N–H and O–H groups in total. The third-order valence-electron chi connectivity index (χ3n) is 3.17. The number of sulfonamides is 1. The molecule has 0 radical (unpaired) electrons. The van der Waals surface area contributed by atoms with Gasteiger partial charge in [-0.05, 0) is 37.7 Å². The van der Waals surface area contributed by atoms with Crippen molar-refractivity contribution >= 4 is 27.7 Å². The number of benzene rings is 1. The van der Waals surface area contributed by atoms with E-state index in [1.54, 1.807) is 31.4 Å². The second kappa shape index (κ2) is 7.20.